The van der Waals surface area contributed by atoms with E-state index in [2.05, 4.69) is 59.6 Å². The summed E-state index contributed by atoms with van der Waals surface area (Å²) in [5.74, 6) is 0. The Kier molecular flexibility index (Phi) is 17.0. The van der Waals surface area contributed by atoms with E-state index < -0.39 is 8.25 Å². The highest BCUT2D eigenvalue weighted by Crippen LogP contribution is 2.33. The molecule has 0 amide bonds. The molecule has 0 spiro atoms. The molecular formula is C18H37Br2O3P. The molecule has 0 aromatic carbocycles. The molecule has 0 radical (unpaired) electrons. The van der Waals surface area contributed by atoms with Crippen LogP contribution in [0.1, 0.15) is 91.9 Å². The Hall–Kier alpha value is 1.11. The van der Waals surface area contributed by atoms with Crippen molar-refractivity contribution in [3.63, 3.8) is 0 Å². The number of rotatable bonds is 16. The van der Waals surface area contributed by atoms with Crippen LogP contribution in [-0.4, -0.2) is 21.9 Å². The highest BCUT2D eigenvalue weighted by atomic mass is 79.9. The van der Waals surface area contributed by atoms with E-state index in [0.717, 1.165) is 64.2 Å². The molecule has 0 bridgehead atoms. The van der Waals surface area contributed by atoms with Crippen LogP contribution in [0.3, 0.4) is 0 Å². The van der Waals surface area contributed by atoms with E-state index in [1.807, 2.05) is 0 Å². The second kappa shape index (κ2) is 16.3. The molecule has 0 heterocycles. The lowest BCUT2D eigenvalue weighted by Crippen LogP contribution is -2.13. The highest BCUT2D eigenvalue weighted by Gasteiger charge is 2.16. The van der Waals surface area contributed by atoms with Crippen molar-refractivity contribution in [1.82, 2.24) is 0 Å². The van der Waals surface area contributed by atoms with E-state index in [1.165, 1.54) is 0 Å². The minimum Gasteiger partial charge on any atom is -0.307 e. The van der Waals surface area contributed by atoms with Crippen LogP contribution >= 0.6 is 40.1 Å². The van der Waals surface area contributed by atoms with Crippen LogP contribution in [0, 0.1) is 0 Å². The van der Waals surface area contributed by atoms with Crippen LogP contribution in [0.4, 0.5) is 0 Å². The van der Waals surface area contributed by atoms with Gasteiger partial charge in [-0.1, -0.05) is 59.6 Å². The maximum absolute atomic E-state index is 12.2. The first-order valence-electron chi connectivity index (χ1n) is 9.61. The van der Waals surface area contributed by atoms with Gasteiger partial charge in [0.1, 0.15) is 0 Å². The number of hydrogen-bond donors (Lipinski definition) is 0. The van der Waals surface area contributed by atoms with Crippen molar-refractivity contribution < 1.29 is 13.6 Å². The molecule has 0 N–H and O–H groups in total. The van der Waals surface area contributed by atoms with E-state index in [0.29, 0.717) is 9.65 Å². The monoisotopic (exact) mass is 490 g/mol. The fourth-order valence-corrected chi connectivity index (χ4v) is 4.35. The summed E-state index contributed by atoms with van der Waals surface area (Å²) in [4.78, 5) is 1.16. The van der Waals surface area contributed by atoms with Gasteiger partial charge in [0.25, 0.3) is 0 Å². The molecule has 0 saturated carbocycles. The van der Waals surface area contributed by atoms with E-state index in [9.17, 15) is 4.57 Å². The first-order chi connectivity index (χ1) is 11.5. The van der Waals surface area contributed by atoms with Crippen LogP contribution < -0.4 is 0 Å². The van der Waals surface area contributed by atoms with Crippen LogP contribution in [0.5, 0.6) is 0 Å². The van der Waals surface area contributed by atoms with Gasteiger partial charge >= 0.3 is 8.25 Å². The number of halogens is 2. The van der Waals surface area contributed by atoms with Gasteiger partial charge in [0.15, 0.2) is 0 Å². The lowest BCUT2D eigenvalue weighted by atomic mass is 10.1. The molecule has 0 aromatic heterocycles. The van der Waals surface area contributed by atoms with Crippen LogP contribution in [0.15, 0.2) is 0 Å². The molecule has 0 fully saturated rings. The third-order valence-electron chi connectivity index (χ3n) is 4.41. The van der Waals surface area contributed by atoms with Gasteiger partial charge in [-0.05, 0) is 64.2 Å². The maximum Gasteiger partial charge on any atom is 0.319 e. The van der Waals surface area contributed by atoms with Crippen molar-refractivity contribution in [1.29, 1.82) is 0 Å². The smallest absolute Gasteiger partial charge is 0.307 e. The summed E-state index contributed by atoms with van der Waals surface area (Å²) in [6, 6.07) is 0. The van der Waals surface area contributed by atoms with Crippen LogP contribution in [-0.2, 0) is 13.6 Å². The quantitative estimate of drug-likeness (QED) is 0.164. The van der Waals surface area contributed by atoms with Gasteiger partial charge in [-0.3, -0.25) is 4.57 Å². The zero-order valence-electron chi connectivity index (χ0n) is 15.9. The molecule has 4 unspecified atom stereocenters. The zero-order valence-corrected chi connectivity index (χ0v) is 20.0. The molecule has 146 valence electrons. The second-order valence-electron chi connectivity index (χ2n) is 6.42. The predicted molar refractivity (Wildman–Crippen MR) is 113 cm³/mol. The first kappa shape index (κ1) is 25.1. The van der Waals surface area contributed by atoms with Crippen molar-refractivity contribution >= 4 is 40.1 Å². The van der Waals surface area contributed by atoms with Gasteiger partial charge in [-0.25, -0.2) is 0 Å². The maximum atomic E-state index is 12.2. The van der Waals surface area contributed by atoms with Gasteiger partial charge in [0, 0.05) is 9.65 Å². The van der Waals surface area contributed by atoms with Gasteiger partial charge in [0.2, 0.25) is 0 Å². The fourth-order valence-electron chi connectivity index (χ4n) is 2.53. The van der Waals surface area contributed by atoms with E-state index in [-0.39, 0.29) is 12.2 Å². The normalized spacial score (nSPS) is 18.1. The number of alkyl halides is 2. The standard InChI is InChI=1S/C18H37Br2O3P/c1-5-15(19)11-9-13-17(7-3)22-24(21)23-18(8-4)14-10-12-16(20)6-2/h15-18,24H,5-14H2,1-4H3. The first-order valence-corrected chi connectivity index (χ1v) is 12.7. The lowest BCUT2D eigenvalue weighted by Gasteiger charge is -2.20. The summed E-state index contributed by atoms with van der Waals surface area (Å²) >= 11 is 7.31. The summed E-state index contributed by atoms with van der Waals surface area (Å²) in [5.41, 5.74) is 0. The van der Waals surface area contributed by atoms with Crippen molar-refractivity contribution in [2.75, 3.05) is 0 Å². The van der Waals surface area contributed by atoms with Crippen molar-refractivity contribution in [3.05, 3.63) is 0 Å². The van der Waals surface area contributed by atoms with Crippen LogP contribution in [0.25, 0.3) is 0 Å². The van der Waals surface area contributed by atoms with Crippen molar-refractivity contribution in [3.8, 4) is 0 Å². The Labute approximate surface area is 167 Å². The summed E-state index contributed by atoms with van der Waals surface area (Å²) in [7, 11) is -2.40. The molecule has 0 aromatic rings. The highest BCUT2D eigenvalue weighted by molar-refractivity contribution is 9.09. The third kappa shape index (κ3) is 13.3. The third-order valence-corrected chi connectivity index (χ3v) is 7.67. The molecular weight excluding hydrogens is 455 g/mol. The average Bonchev–Trinajstić information content (AvgIpc) is 2.59. The molecule has 0 aliphatic rings. The van der Waals surface area contributed by atoms with Crippen molar-refractivity contribution in [2.24, 2.45) is 0 Å². The summed E-state index contributed by atoms with van der Waals surface area (Å²) in [6.07, 6.45) is 10.5. The minimum atomic E-state index is -2.40. The molecule has 0 aliphatic heterocycles. The Morgan fingerprint density at radius 2 is 1.08 bits per heavy atom. The Morgan fingerprint density at radius 3 is 1.38 bits per heavy atom. The predicted octanol–water partition coefficient (Wildman–Crippen LogP) is 7.65. The largest absolute Gasteiger partial charge is 0.319 e. The summed E-state index contributed by atoms with van der Waals surface area (Å²) in [6.45, 7) is 8.54. The average molecular weight is 492 g/mol. The Bertz CT molecular complexity index is 291. The van der Waals surface area contributed by atoms with E-state index in [1.54, 1.807) is 0 Å². The topological polar surface area (TPSA) is 35.5 Å². The molecule has 4 atom stereocenters. The van der Waals surface area contributed by atoms with Crippen LogP contribution in [0.2, 0.25) is 0 Å². The Balaban J connectivity index is 4.07. The SMILES string of the molecule is CCC(Br)CCCC(CC)O[PH](=O)OC(CC)CCCC(Br)CC. The fraction of sp³-hybridized carbons (Fsp3) is 1.00. The molecule has 0 aliphatic carbocycles. The zero-order chi connectivity index (χ0) is 18.4. The summed E-state index contributed by atoms with van der Waals surface area (Å²) < 4.78 is 23.6. The molecule has 24 heavy (non-hydrogen) atoms. The minimum absolute atomic E-state index is 0.0532. The summed E-state index contributed by atoms with van der Waals surface area (Å²) in [5, 5.41) is 0. The van der Waals surface area contributed by atoms with Gasteiger partial charge in [0.05, 0.1) is 12.2 Å². The van der Waals surface area contributed by atoms with Gasteiger partial charge < -0.3 is 9.05 Å². The lowest BCUT2D eigenvalue weighted by molar-refractivity contribution is 0.114. The van der Waals surface area contributed by atoms with Gasteiger partial charge in [-0.15, -0.1) is 0 Å². The number of hydrogen-bond acceptors (Lipinski definition) is 3. The van der Waals surface area contributed by atoms with E-state index >= 15 is 0 Å². The van der Waals surface area contributed by atoms with E-state index in [4.69, 9.17) is 9.05 Å². The Morgan fingerprint density at radius 1 is 0.708 bits per heavy atom. The molecule has 3 nitrogen and oxygen atoms in total. The van der Waals surface area contributed by atoms with Gasteiger partial charge in [-0.2, -0.15) is 0 Å². The molecule has 6 heteroatoms. The molecule has 0 rings (SSSR count). The molecule has 0 saturated heterocycles. The van der Waals surface area contributed by atoms with Crippen molar-refractivity contribution in [2.45, 2.75) is 114 Å². The second-order valence-corrected chi connectivity index (χ2v) is 9.98.